The van der Waals surface area contributed by atoms with Crippen molar-refractivity contribution in [3.05, 3.63) is 60.4 Å². The maximum atomic E-state index is 4.68. The fourth-order valence-electron chi connectivity index (χ4n) is 3.41. The van der Waals surface area contributed by atoms with Crippen molar-refractivity contribution in [2.24, 2.45) is 0 Å². The Balaban J connectivity index is 1.44. The van der Waals surface area contributed by atoms with Gasteiger partial charge < -0.3 is 10.6 Å². The van der Waals surface area contributed by atoms with Gasteiger partial charge in [-0.05, 0) is 49.2 Å². The van der Waals surface area contributed by atoms with Crippen molar-refractivity contribution in [1.82, 2.24) is 20.2 Å². The van der Waals surface area contributed by atoms with Gasteiger partial charge in [-0.2, -0.15) is 5.10 Å². The summed E-state index contributed by atoms with van der Waals surface area (Å²) < 4.78 is 0. The molecule has 5 rings (SSSR count). The van der Waals surface area contributed by atoms with E-state index in [9.17, 15) is 0 Å². The number of aromatic amines is 1. The van der Waals surface area contributed by atoms with Gasteiger partial charge in [-0.25, -0.2) is 9.97 Å². The first kappa shape index (κ1) is 14.9. The second-order valence-corrected chi connectivity index (χ2v) is 6.68. The number of hydrogen-bond acceptors (Lipinski definition) is 5. The number of anilines is 3. The molecular weight excluding hydrogens is 324 g/mol. The number of fused-ring (bicyclic) bond motifs is 2. The van der Waals surface area contributed by atoms with Crippen LogP contribution >= 0.6 is 0 Å². The molecule has 128 valence electrons. The van der Waals surface area contributed by atoms with Crippen LogP contribution in [0.4, 0.5) is 17.2 Å². The third kappa shape index (κ3) is 2.65. The standard InChI is InChI=1S/C20H18N6/c1-12-8-13-2-3-14(10-18(13)23-12)20-21-7-6-19(25-20)24-16-4-5-17-15(9-16)11-22-26-17/h2-7,9-12,23H,8H2,1H3,(H,22,26)(H,21,24,25). The molecule has 0 bridgehead atoms. The monoisotopic (exact) mass is 342 g/mol. The van der Waals surface area contributed by atoms with Crippen molar-refractivity contribution < 1.29 is 0 Å². The normalized spacial score (nSPS) is 15.7. The Morgan fingerprint density at radius 3 is 3.04 bits per heavy atom. The summed E-state index contributed by atoms with van der Waals surface area (Å²) in [5.74, 6) is 1.48. The number of benzene rings is 2. The van der Waals surface area contributed by atoms with E-state index in [-0.39, 0.29) is 0 Å². The fourth-order valence-corrected chi connectivity index (χ4v) is 3.41. The first-order chi connectivity index (χ1) is 12.7. The highest BCUT2D eigenvalue weighted by molar-refractivity contribution is 5.82. The second-order valence-electron chi connectivity index (χ2n) is 6.68. The number of nitrogens with one attached hydrogen (secondary N) is 3. The predicted molar refractivity (Wildman–Crippen MR) is 104 cm³/mol. The summed E-state index contributed by atoms with van der Waals surface area (Å²) in [5, 5.41) is 14.9. The zero-order valence-electron chi connectivity index (χ0n) is 14.3. The topological polar surface area (TPSA) is 78.5 Å². The van der Waals surface area contributed by atoms with Crippen LogP contribution < -0.4 is 10.6 Å². The Labute approximate surface area is 150 Å². The van der Waals surface area contributed by atoms with E-state index >= 15 is 0 Å². The summed E-state index contributed by atoms with van der Waals surface area (Å²) >= 11 is 0. The van der Waals surface area contributed by atoms with Crippen LogP contribution in [0, 0.1) is 0 Å². The van der Waals surface area contributed by atoms with Crippen molar-refractivity contribution >= 4 is 28.1 Å². The molecule has 6 nitrogen and oxygen atoms in total. The number of nitrogens with zero attached hydrogens (tertiary/aromatic N) is 3. The summed E-state index contributed by atoms with van der Waals surface area (Å²) in [7, 11) is 0. The Hall–Kier alpha value is -3.41. The van der Waals surface area contributed by atoms with E-state index in [1.807, 2.05) is 30.5 Å². The van der Waals surface area contributed by atoms with Gasteiger partial charge in [-0.3, -0.25) is 5.10 Å². The molecule has 0 spiro atoms. The average Bonchev–Trinajstić information content (AvgIpc) is 3.26. The Bertz CT molecular complexity index is 1100. The highest BCUT2D eigenvalue weighted by Gasteiger charge is 2.17. The molecule has 0 aliphatic carbocycles. The molecule has 1 aliphatic heterocycles. The quantitative estimate of drug-likeness (QED) is 0.522. The predicted octanol–water partition coefficient (Wildman–Crippen LogP) is 4.12. The lowest BCUT2D eigenvalue weighted by Crippen LogP contribution is -2.08. The lowest BCUT2D eigenvalue weighted by atomic mass is 10.1. The minimum atomic E-state index is 0.479. The van der Waals surface area contributed by atoms with Crippen LogP contribution in [0.25, 0.3) is 22.3 Å². The number of aromatic nitrogens is 4. The van der Waals surface area contributed by atoms with Gasteiger partial charge in [0.1, 0.15) is 5.82 Å². The van der Waals surface area contributed by atoms with Gasteiger partial charge in [-0.15, -0.1) is 0 Å². The van der Waals surface area contributed by atoms with Crippen LogP contribution in [-0.4, -0.2) is 26.2 Å². The molecule has 26 heavy (non-hydrogen) atoms. The number of rotatable bonds is 3. The van der Waals surface area contributed by atoms with E-state index < -0.39 is 0 Å². The molecule has 1 atom stereocenters. The van der Waals surface area contributed by atoms with E-state index in [0.717, 1.165) is 34.4 Å². The van der Waals surface area contributed by atoms with Crippen LogP contribution in [0.2, 0.25) is 0 Å². The van der Waals surface area contributed by atoms with E-state index in [2.05, 4.69) is 55.9 Å². The molecule has 6 heteroatoms. The lowest BCUT2D eigenvalue weighted by molar-refractivity contribution is 0.839. The SMILES string of the molecule is CC1Cc2ccc(-c3nccc(Nc4ccc5[nH]ncc5c4)n3)cc2N1. The highest BCUT2D eigenvalue weighted by Crippen LogP contribution is 2.30. The molecule has 0 amide bonds. The Morgan fingerprint density at radius 2 is 2.08 bits per heavy atom. The first-order valence-corrected chi connectivity index (χ1v) is 8.68. The number of hydrogen-bond donors (Lipinski definition) is 3. The third-order valence-electron chi connectivity index (χ3n) is 4.66. The summed E-state index contributed by atoms with van der Waals surface area (Å²) in [6.07, 6.45) is 4.66. The summed E-state index contributed by atoms with van der Waals surface area (Å²) in [6.45, 7) is 2.19. The maximum absolute atomic E-state index is 4.68. The van der Waals surface area contributed by atoms with Gasteiger partial charge >= 0.3 is 0 Å². The van der Waals surface area contributed by atoms with Crippen LogP contribution in [-0.2, 0) is 6.42 Å². The van der Waals surface area contributed by atoms with E-state index in [0.29, 0.717) is 11.9 Å². The van der Waals surface area contributed by atoms with Crippen LogP contribution in [0.3, 0.4) is 0 Å². The highest BCUT2D eigenvalue weighted by atomic mass is 15.1. The van der Waals surface area contributed by atoms with Crippen molar-refractivity contribution in [1.29, 1.82) is 0 Å². The molecule has 2 aromatic carbocycles. The summed E-state index contributed by atoms with van der Waals surface area (Å²) in [6, 6.07) is 14.8. The zero-order chi connectivity index (χ0) is 17.5. The van der Waals surface area contributed by atoms with Crippen molar-refractivity contribution in [2.45, 2.75) is 19.4 Å². The van der Waals surface area contributed by atoms with E-state index in [4.69, 9.17) is 0 Å². The molecule has 2 aromatic heterocycles. The van der Waals surface area contributed by atoms with Crippen LogP contribution in [0.5, 0.6) is 0 Å². The van der Waals surface area contributed by atoms with Crippen molar-refractivity contribution in [2.75, 3.05) is 10.6 Å². The van der Waals surface area contributed by atoms with Gasteiger partial charge in [0.2, 0.25) is 0 Å². The van der Waals surface area contributed by atoms with E-state index in [1.54, 1.807) is 6.20 Å². The third-order valence-corrected chi connectivity index (χ3v) is 4.66. The van der Waals surface area contributed by atoms with Gasteiger partial charge in [0.25, 0.3) is 0 Å². The minimum absolute atomic E-state index is 0.479. The lowest BCUT2D eigenvalue weighted by Gasteiger charge is -2.08. The van der Waals surface area contributed by atoms with Gasteiger partial charge in [0.15, 0.2) is 5.82 Å². The van der Waals surface area contributed by atoms with Gasteiger partial charge in [0.05, 0.1) is 11.7 Å². The molecule has 1 unspecified atom stereocenters. The van der Waals surface area contributed by atoms with Crippen LogP contribution in [0.15, 0.2) is 54.9 Å². The van der Waals surface area contributed by atoms with Gasteiger partial charge in [0, 0.05) is 34.6 Å². The largest absolute Gasteiger partial charge is 0.382 e. The average molecular weight is 342 g/mol. The molecule has 0 radical (unpaired) electrons. The molecule has 0 saturated carbocycles. The minimum Gasteiger partial charge on any atom is -0.382 e. The first-order valence-electron chi connectivity index (χ1n) is 8.68. The zero-order valence-corrected chi connectivity index (χ0v) is 14.3. The second kappa shape index (κ2) is 5.84. The molecule has 4 aromatic rings. The Morgan fingerprint density at radius 1 is 1.12 bits per heavy atom. The molecule has 3 N–H and O–H groups in total. The maximum Gasteiger partial charge on any atom is 0.161 e. The smallest absolute Gasteiger partial charge is 0.161 e. The molecule has 0 fully saturated rings. The van der Waals surface area contributed by atoms with Gasteiger partial charge in [-0.1, -0.05) is 12.1 Å². The Kier molecular flexibility index (Phi) is 3.35. The molecule has 1 aliphatic rings. The number of H-pyrrole nitrogens is 1. The van der Waals surface area contributed by atoms with Crippen molar-refractivity contribution in [3.8, 4) is 11.4 Å². The van der Waals surface area contributed by atoms with Crippen molar-refractivity contribution in [3.63, 3.8) is 0 Å². The summed E-state index contributed by atoms with van der Waals surface area (Å²) in [4.78, 5) is 9.12. The molecule has 3 heterocycles. The molecule has 0 saturated heterocycles. The van der Waals surface area contributed by atoms with E-state index in [1.165, 1.54) is 11.3 Å². The van der Waals surface area contributed by atoms with Crippen LogP contribution in [0.1, 0.15) is 12.5 Å². The summed E-state index contributed by atoms with van der Waals surface area (Å²) in [5.41, 5.74) is 5.53. The molecular formula is C20H18N6. The fraction of sp³-hybridized carbons (Fsp3) is 0.150.